The number of hydrogen-bond acceptors (Lipinski definition) is 6. The van der Waals surface area contributed by atoms with Gasteiger partial charge in [0.2, 0.25) is 5.76 Å². The molecule has 0 atom stereocenters. The van der Waals surface area contributed by atoms with Gasteiger partial charge in [0.15, 0.2) is 11.5 Å². The molecule has 8 nitrogen and oxygen atoms in total. The zero-order valence-corrected chi connectivity index (χ0v) is 16.5. The van der Waals surface area contributed by atoms with E-state index in [2.05, 4.69) is 25.3 Å². The van der Waals surface area contributed by atoms with Crippen molar-refractivity contribution in [2.24, 2.45) is 0 Å². The van der Waals surface area contributed by atoms with Gasteiger partial charge < -0.3 is 14.6 Å². The smallest absolute Gasteiger partial charge is 0.293 e. The summed E-state index contributed by atoms with van der Waals surface area (Å²) >= 11 is 0. The number of carbonyl (C=O) groups is 1. The van der Waals surface area contributed by atoms with Gasteiger partial charge in [-0.1, -0.05) is 0 Å². The number of benzene rings is 1. The van der Waals surface area contributed by atoms with Gasteiger partial charge in [-0.05, 0) is 37.6 Å². The maximum absolute atomic E-state index is 14.6. The average Bonchev–Trinajstić information content (AvgIpc) is 3.24. The fourth-order valence-corrected chi connectivity index (χ4v) is 3.47. The Balaban J connectivity index is 1.45. The van der Waals surface area contributed by atoms with Crippen molar-refractivity contribution in [2.75, 3.05) is 23.3 Å². The van der Waals surface area contributed by atoms with E-state index in [9.17, 15) is 9.18 Å². The number of fused-ring (bicyclic) bond motifs is 1. The van der Waals surface area contributed by atoms with Gasteiger partial charge in [0, 0.05) is 37.3 Å². The van der Waals surface area contributed by atoms with Crippen LogP contribution in [0.5, 0.6) is 0 Å². The molecule has 1 aliphatic rings. The van der Waals surface area contributed by atoms with Crippen LogP contribution in [0, 0.1) is 19.7 Å². The number of halogens is 1. The molecule has 4 aromatic rings. The van der Waals surface area contributed by atoms with E-state index in [0.717, 1.165) is 24.2 Å². The highest BCUT2D eigenvalue weighted by molar-refractivity contribution is 6.03. The lowest BCUT2D eigenvalue weighted by Crippen LogP contribution is -2.36. The number of amides is 1. The van der Waals surface area contributed by atoms with Gasteiger partial charge in [0.25, 0.3) is 5.91 Å². The molecule has 4 heterocycles. The first-order chi connectivity index (χ1) is 14.5. The molecule has 0 saturated carbocycles. The normalized spacial score (nSPS) is 13.5. The number of aromatic nitrogens is 4. The summed E-state index contributed by atoms with van der Waals surface area (Å²) in [7, 11) is 0. The molecule has 9 heteroatoms. The molecule has 1 amide bonds. The van der Waals surface area contributed by atoms with Crippen molar-refractivity contribution in [1.82, 2.24) is 19.7 Å². The van der Waals surface area contributed by atoms with Crippen molar-refractivity contribution < 1.29 is 13.6 Å². The lowest BCUT2D eigenvalue weighted by Gasteiger charge is -2.32. The number of anilines is 2. The van der Waals surface area contributed by atoms with Gasteiger partial charge in [-0.2, -0.15) is 0 Å². The molecule has 1 N–H and O–H groups in total. The predicted molar refractivity (Wildman–Crippen MR) is 110 cm³/mol. The Kier molecular flexibility index (Phi) is 4.23. The Morgan fingerprint density at radius 2 is 2.07 bits per heavy atom. The van der Waals surface area contributed by atoms with Crippen molar-refractivity contribution in [3.63, 3.8) is 0 Å². The molecule has 0 aliphatic carbocycles. The zero-order chi connectivity index (χ0) is 20.8. The molecular formula is C21H19FN6O2. The number of aryl methyl sites for hydroxylation is 2. The first-order valence-corrected chi connectivity index (χ1v) is 9.63. The quantitative estimate of drug-likeness (QED) is 0.557. The first-order valence-electron chi connectivity index (χ1n) is 9.63. The third kappa shape index (κ3) is 3.18. The minimum Gasteiger partial charge on any atom is -0.436 e. The van der Waals surface area contributed by atoms with Crippen molar-refractivity contribution in [2.45, 2.75) is 20.3 Å². The number of nitrogens with zero attached hydrogens (tertiary/aromatic N) is 5. The molecule has 3 aromatic heterocycles. The van der Waals surface area contributed by atoms with Crippen LogP contribution in [0.25, 0.3) is 16.7 Å². The van der Waals surface area contributed by atoms with E-state index in [1.807, 2.05) is 6.07 Å². The van der Waals surface area contributed by atoms with Crippen molar-refractivity contribution in [1.29, 1.82) is 0 Å². The van der Waals surface area contributed by atoms with Crippen LogP contribution >= 0.6 is 0 Å². The minimum atomic E-state index is -0.463. The highest BCUT2D eigenvalue weighted by atomic mass is 19.1. The van der Waals surface area contributed by atoms with Gasteiger partial charge in [0.05, 0.1) is 17.6 Å². The summed E-state index contributed by atoms with van der Waals surface area (Å²) < 4.78 is 21.3. The van der Waals surface area contributed by atoms with Crippen molar-refractivity contribution in [3.05, 3.63) is 59.8 Å². The number of pyridine rings is 1. The van der Waals surface area contributed by atoms with Crippen LogP contribution in [0.4, 0.5) is 15.8 Å². The molecule has 0 bridgehead atoms. The van der Waals surface area contributed by atoms with E-state index < -0.39 is 11.7 Å². The van der Waals surface area contributed by atoms with Crippen LogP contribution in [-0.2, 0) is 0 Å². The summed E-state index contributed by atoms with van der Waals surface area (Å²) in [5, 5.41) is 7.93. The number of rotatable bonds is 4. The van der Waals surface area contributed by atoms with Crippen LogP contribution in [0.15, 0.2) is 41.1 Å². The molecule has 1 saturated heterocycles. The molecule has 1 aliphatic heterocycles. The number of carbonyl (C=O) groups excluding carboxylic acids is 1. The Morgan fingerprint density at radius 1 is 1.23 bits per heavy atom. The summed E-state index contributed by atoms with van der Waals surface area (Å²) in [6, 6.07) is 6.30. The Bertz CT molecular complexity index is 1270. The first kappa shape index (κ1) is 18.3. The standard InChI is InChI=1S/C21H19FN6O2/c1-12-19(30-13(2)24-12)21(29)25-15-4-5-17(22)18(9-15)28-11-14-8-16(27-6-3-7-27)10-23-20(14)26-28/h4-5,8-11H,3,6-7H2,1-2H3,(H,25,29). The minimum absolute atomic E-state index is 0.130. The third-order valence-corrected chi connectivity index (χ3v) is 5.13. The van der Waals surface area contributed by atoms with E-state index in [1.54, 1.807) is 26.2 Å². The van der Waals surface area contributed by atoms with Gasteiger partial charge >= 0.3 is 0 Å². The fraction of sp³-hybridized carbons (Fsp3) is 0.238. The van der Waals surface area contributed by atoms with Crippen LogP contribution in [-0.4, -0.2) is 38.7 Å². The Morgan fingerprint density at radius 3 is 2.77 bits per heavy atom. The predicted octanol–water partition coefficient (Wildman–Crippen LogP) is 3.63. The second kappa shape index (κ2) is 6.94. The fourth-order valence-electron chi connectivity index (χ4n) is 3.47. The summed E-state index contributed by atoms with van der Waals surface area (Å²) in [4.78, 5) is 23.2. The van der Waals surface area contributed by atoms with Crippen LogP contribution < -0.4 is 10.2 Å². The third-order valence-electron chi connectivity index (χ3n) is 5.13. The molecule has 30 heavy (non-hydrogen) atoms. The van der Waals surface area contributed by atoms with E-state index in [4.69, 9.17) is 4.42 Å². The van der Waals surface area contributed by atoms with Crippen molar-refractivity contribution >= 4 is 28.3 Å². The summed E-state index contributed by atoms with van der Waals surface area (Å²) in [6.45, 7) is 5.39. The van der Waals surface area contributed by atoms with Crippen LogP contribution in [0.1, 0.15) is 28.6 Å². The number of oxazole rings is 1. The Hall–Kier alpha value is -3.75. The molecule has 0 radical (unpaired) electrons. The van der Waals surface area contributed by atoms with Crippen LogP contribution in [0.2, 0.25) is 0 Å². The second-order valence-corrected chi connectivity index (χ2v) is 7.29. The maximum atomic E-state index is 14.6. The zero-order valence-electron chi connectivity index (χ0n) is 16.5. The largest absolute Gasteiger partial charge is 0.436 e. The van der Waals surface area contributed by atoms with Gasteiger partial charge in [0.1, 0.15) is 11.5 Å². The summed E-state index contributed by atoms with van der Waals surface area (Å²) in [5.74, 6) is -0.371. The number of hydrogen-bond donors (Lipinski definition) is 1. The summed E-state index contributed by atoms with van der Waals surface area (Å²) in [6.07, 6.45) is 4.70. The highest BCUT2D eigenvalue weighted by Crippen LogP contribution is 2.25. The molecular weight excluding hydrogens is 387 g/mol. The van der Waals surface area contributed by atoms with E-state index in [1.165, 1.54) is 29.3 Å². The van der Waals surface area contributed by atoms with E-state index in [0.29, 0.717) is 22.9 Å². The molecule has 152 valence electrons. The summed E-state index contributed by atoms with van der Waals surface area (Å²) in [5.41, 5.74) is 2.68. The molecule has 1 aromatic carbocycles. The van der Waals surface area contributed by atoms with E-state index in [-0.39, 0.29) is 11.4 Å². The Labute approximate surface area is 171 Å². The van der Waals surface area contributed by atoms with Gasteiger partial charge in [-0.25, -0.2) is 19.0 Å². The molecule has 5 rings (SSSR count). The van der Waals surface area contributed by atoms with Crippen molar-refractivity contribution in [3.8, 4) is 5.69 Å². The van der Waals surface area contributed by atoms with Gasteiger partial charge in [-0.3, -0.25) is 4.79 Å². The highest BCUT2D eigenvalue weighted by Gasteiger charge is 2.18. The maximum Gasteiger partial charge on any atom is 0.293 e. The number of nitrogens with one attached hydrogen (secondary N) is 1. The molecule has 1 fully saturated rings. The van der Waals surface area contributed by atoms with E-state index >= 15 is 0 Å². The SMILES string of the molecule is Cc1nc(C)c(C(=O)Nc2ccc(F)c(-n3cc4cc(N5CCC5)cnc4n3)c2)o1. The lowest BCUT2D eigenvalue weighted by molar-refractivity contribution is 0.0994. The second-order valence-electron chi connectivity index (χ2n) is 7.29. The monoisotopic (exact) mass is 406 g/mol. The molecule has 0 spiro atoms. The van der Waals surface area contributed by atoms with Gasteiger partial charge in [-0.15, -0.1) is 5.10 Å². The topological polar surface area (TPSA) is 89.1 Å². The van der Waals surface area contributed by atoms with Crippen LogP contribution in [0.3, 0.4) is 0 Å². The average molecular weight is 406 g/mol. The molecule has 0 unspecified atom stereocenters. The lowest BCUT2D eigenvalue weighted by atomic mass is 10.2.